The number of nitrogens with zero attached hydrogens (tertiary/aromatic N) is 2. The van der Waals surface area contributed by atoms with Gasteiger partial charge in [-0.3, -0.25) is 9.69 Å². The summed E-state index contributed by atoms with van der Waals surface area (Å²) in [6.45, 7) is 2.55. The first-order valence-electron chi connectivity index (χ1n) is 6.97. The van der Waals surface area contributed by atoms with Crippen molar-refractivity contribution < 1.29 is 14.0 Å². The zero-order chi connectivity index (χ0) is 16.1. The average Bonchev–Trinajstić information content (AvgIpc) is 2.67. The van der Waals surface area contributed by atoms with E-state index in [4.69, 9.17) is 17.3 Å². The number of amides is 3. The third-order valence-electron chi connectivity index (χ3n) is 3.47. The molecule has 0 radical (unpaired) electrons. The van der Waals surface area contributed by atoms with Crippen LogP contribution in [-0.4, -0.2) is 54.5 Å². The summed E-state index contributed by atoms with van der Waals surface area (Å²) in [5, 5.41) is 2.81. The summed E-state index contributed by atoms with van der Waals surface area (Å²) in [7, 11) is 0. The molecule has 1 heterocycles. The molecule has 2 rings (SSSR count). The van der Waals surface area contributed by atoms with Crippen LogP contribution >= 0.6 is 11.6 Å². The lowest BCUT2D eigenvalue weighted by Crippen LogP contribution is -2.40. The van der Waals surface area contributed by atoms with Crippen molar-refractivity contribution in [3.05, 3.63) is 29.0 Å². The lowest BCUT2D eigenvalue weighted by molar-refractivity contribution is -0.117. The van der Waals surface area contributed by atoms with Gasteiger partial charge in [0, 0.05) is 26.2 Å². The monoisotopic (exact) mass is 328 g/mol. The molecule has 3 amide bonds. The molecule has 120 valence electrons. The van der Waals surface area contributed by atoms with Gasteiger partial charge in [-0.15, -0.1) is 0 Å². The van der Waals surface area contributed by atoms with Crippen LogP contribution in [0.25, 0.3) is 0 Å². The molecule has 0 aliphatic carbocycles. The molecule has 6 nitrogen and oxygen atoms in total. The molecule has 0 unspecified atom stereocenters. The van der Waals surface area contributed by atoms with Crippen LogP contribution < -0.4 is 11.1 Å². The highest BCUT2D eigenvalue weighted by Crippen LogP contribution is 2.22. The van der Waals surface area contributed by atoms with Crippen molar-refractivity contribution in [2.45, 2.75) is 6.42 Å². The molecule has 1 saturated heterocycles. The number of primary amides is 1. The van der Waals surface area contributed by atoms with Crippen molar-refractivity contribution in [3.63, 3.8) is 0 Å². The van der Waals surface area contributed by atoms with Gasteiger partial charge < -0.3 is 16.0 Å². The fourth-order valence-electron chi connectivity index (χ4n) is 2.33. The third kappa shape index (κ3) is 4.57. The Labute approximate surface area is 133 Å². The molecule has 1 aromatic rings. The van der Waals surface area contributed by atoms with Gasteiger partial charge in [0.25, 0.3) is 0 Å². The Morgan fingerprint density at radius 3 is 2.73 bits per heavy atom. The Morgan fingerprint density at radius 2 is 2.05 bits per heavy atom. The second kappa shape index (κ2) is 7.42. The van der Waals surface area contributed by atoms with E-state index in [1.807, 2.05) is 4.90 Å². The minimum Gasteiger partial charge on any atom is -0.351 e. The number of hydrogen-bond donors (Lipinski definition) is 2. The molecular weight excluding hydrogens is 311 g/mol. The van der Waals surface area contributed by atoms with E-state index in [-0.39, 0.29) is 17.5 Å². The Bertz CT molecular complexity index is 570. The van der Waals surface area contributed by atoms with Crippen LogP contribution in [0.4, 0.5) is 14.9 Å². The molecule has 22 heavy (non-hydrogen) atoms. The molecule has 0 aromatic heterocycles. The normalized spacial score (nSPS) is 16.2. The Hall–Kier alpha value is -1.86. The van der Waals surface area contributed by atoms with Crippen LogP contribution in [0.1, 0.15) is 6.42 Å². The van der Waals surface area contributed by atoms with Crippen molar-refractivity contribution in [2.24, 2.45) is 5.73 Å². The second-order valence-electron chi connectivity index (χ2n) is 5.13. The number of carbonyl (C=O) groups is 2. The van der Waals surface area contributed by atoms with Gasteiger partial charge in [0.1, 0.15) is 5.82 Å². The van der Waals surface area contributed by atoms with Crippen LogP contribution in [0.3, 0.4) is 0 Å². The van der Waals surface area contributed by atoms with Crippen LogP contribution in [0.2, 0.25) is 5.02 Å². The molecular formula is C14H18ClFN4O2. The fourth-order valence-corrected chi connectivity index (χ4v) is 2.55. The quantitative estimate of drug-likeness (QED) is 0.882. The lowest BCUT2D eigenvalue weighted by Gasteiger charge is -2.20. The van der Waals surface area contributed by atoms with Gasteiger partial charge in [-0.25, -0.2) is 9.18 Å². The van der Waals surface area contributed by atoms with Gasteiger partial charge in [0.2, 0.25) is 5.91 Å². The average molecular weight is 329 g/mol. The zero-order valence-electron chi connectivity index (χ0n) is 12.0. The van der Waals surface area contributed by atoms with Crippen molar-refractivity contribution in [1.29, 1.82) is 0 Å². The third-order valence-corrected chi connectivity index (χ3v) is 3.79. The maximum atomic E-state index is 13.0. The summed E-state index contributed by atoms with van der Waals surface area (Å²) in [6, 6.07) is 3.36. The largest absolute Gasteiger partial charge is 0.351 e. The summed E-state index contributed by atoms with van der Waals surface area (Å²) in [4.78, 5) is 26.7. The first-order chi connectivity index (χ1) is 10.5. The Kier molecular flexibility index (Phi) is 5.57. The first kappa shape index (κ1) is 16.5. The SMILES string of the molecule is NC(=O)N1CCCN(CC(=O)Nc2ccc(F)cc2Cl)CC1. The van der Waals surface area contributed by atoms with E-state index in [9.17, 15) is 14.0 Å². The van der Waals surface area contributed by atoms with E-state index in [0.717, 1.165) is 12.5 Å². The van der Waals surface area contributed by atoms with E-state index in [1.54, 1.807) is 4.90 Å². The number of nitrogens with one attached hydrogen (secondary N) is 1. The number of rotatable bonds is 3. The summed E-state index contributed by atoms with van der Waals surface area (Å²) in [5.74, 6) is -0.692. The number of anilines is 1. The number of carbonyl (C=O) groups excluding carboxylic acids is 2. The van der Waals surface area contributed by atoms with Crippen LogP contribution in [0.15, 0.2) is 18.2 Å². The van der Waals surface area contributed by atoms with Gasteiger partial charge >= 0.3 is 6.03 Å². The molecule has 0 saturated carbocycles. The molecule has 0 spiro atoms. The highest BCUT2D eigenvalue weighted by atomic mass is 35.5. The van der Waals surface area contributed by atoms with E-state index in [1.165, 1.54) is 12.1 Å². The van der Waals surface area contributed by atoms with Crippen molar-refractivity contribution in [2.75, 3.05) is 38.0 Å². The van der Waals surface area contributed by atoms with Crippen LogP contribution in [-0.2, 0) is 4.79 Å². The van der Waals surface area contributed by atoms with Gasteiger partial charge in [-0.2, -0.15) is 0 Å². The molecule has 1 aliphatic heterocycles. The fraction of sp³-hybridized carbons (Fsp3) is 0.429. The molecule has 1 fully saturated rings. The topological polar surface area (TPSA) is 78.7 Å². The van der Waals surface area contributed by atoms with Gasteiger partial charge in [0.15, 0.2) is 0 Å². The van der Waals surface area contributed by atoms with E-state index < -0.39 is 11.8 Å². The standard InChI is InChI=1S/C14H18ClFN4O2/c15-11-8-10(16)2-3-12(11)18-13(21)9-19-4-1-5-20(7-6-19)14(17)22/h2-3,8H,1,4-7,9H2,(H2,17,22)(H,18,21). The van der Waals surface area contributed by atoms with E-state index in [2.05, 4.69) is 5.32 Å². The van der Waals surface area contributed by atoms with Crippen molar-refractivity contribution >= 4 is 29.2 Å². The molecule has 1 aliphatic rings. The minimum atomic E-state index is -0.456. The Balaban J connectivity index is 1.88. The number of nitrogens with two attached hydrogens (primary N) is 1. The van der Waals surface area contributed by atoms with Crippen LogP contribution in [0.5, 0.6) is 0 Å². The lowest BCUT2D eigenvalue weighted by atomic mass is 10.3. The number of benzene rings is 1. The van der Waals surface area contributed by atoms with E-state index >= 15 is 0 Å². The smallest absolute Gasteiger partial charge is 0.314 e. The molecule has 1 aromatic carbocycles. The summed E-state index contributed by atoms with van der Waals surface area (Å²) >= 11 is 5.87. The molecule has 8 heteroatoms. The van der Waals surface area contributed by atoms with Crippen LogP contribution in [0, 0.1) is 5.82 Å². The summed E-state index contributed by atoms with van der Waals surface area (Å²) in [5.41, 5.74) is 5.63. The first-order valence-corrected chi connectivity index (χ1v) is 7.35. The second-order valence-corrected chi connectivity index (χ2v) is 5.53. The predicted octanol–water partition coefficient (Wildman–Crippen LogP) is 1.50. The number of halogens is 2. The maximum Gasteiger partial charge on any atom is 0.314 e. The minimum absolute atomic E-state index is 0.157. The molecule has 0 bridgehead atoms. The van der Waals surface area contributed by atoms with Gasteiger partial charge in [-0.05, 0) is 24.6 Å². The summed E-state index contributed by atoms with van der Waals surface area (Å²) < 4.78 is 13.0. The van der Waals surface area contributed by atoms with Crippen molar-refractivity contribution in [1.82, 2.24) is 9.80 Å². The molecule has 3 N–H and O–H groups in total. The van der Waals surface area contributed by atoms with Gasteiger partial charge in [0.05, 0.1) is 17.3 Å². The summed E-state index contributed by atoms with van der Waals surface area (Å²) in [6.07, 6.45) is 0.757. The van der Waals surface area contributed by atoms with Gasteiger partial charge in [-0.1, -0.05) is 11.6 Å². The highest BCUT2D eigenvalue weighted by Gasteiger charge is 2.19. The van der Waals surface area contributed by atoms with E-state index in [0.29, 0.717) is 31.9 Å². The Morgan fingerprint density at radius 1 is 1.27 bits per heavy atom. The number of urea groups is 1. The van der Waals surface area contributed by atoms with Crippen molar-refractivity contribution in [3.8, 4) is 0 Å². The zero-order valence-corrected chi connectivity index (χ0v) is 12.8. The molecule has 0 atom stereocenters. The highest BCUT2D eigenvalue weighted by molar-refractivity contribution is 6.33. The number of hydrogen-bond acceptors (Lipinski definition) is 3. The maximum absolute atomic E-state index is 13.0. The predicted molar refractivity (Wildman–Crippen MR) is 82.3 cm³/mol.